The van der Waals surface area contributed by atoms with Crippen molar-refractivity contribution >= 4 is 16.8 Å². The van der Waals surface area contributed by atoms with E-state index < -0.39 is 11.4 Å². The SMILES string of the molecule is CC[C@@](C)(CCO)NC(=O)c1cc(F)cc2cccnc12. The van der Waals surface area contributed by atoms with Crippen LogP contribution in [0.2, 0.25) is 0 Å². The number of hydrogen-bond acceptors (Lipinski definition) is 3. The minimum Gasteiger partial charge on any atom is -0.396 e. The van der Waals surface area contributed by atoms with Gasteiger partial charge in [-0.25, -0.2) is 4.39 Å². The molecule has 1 aromatic heterocycles. The second-order valence-electron chi connectivity index (χ2n) is 5.37. The predicted octanol–water partition coefficient (Wildman–Crippen LogP) is 2.65. The van der Waals surface area contributed by atoms with Crippen molar-refractivity contribution in [1.82, 2.24) is 10.3 Å². The number of halogens is 1. The van der Waals surface area contributed by atoms with Crippen LogP contribution in [0.25, 0.3) is 10.9 Å². The van der Waals surface area contributed by atoms with Crippen molar-refractivity contribution in [2.45, 2.75) is 32.2 Å². The maximum absolute atomic E-state index is 13.7. The number of aliphatic hydroxyl groups excluding tert-OH is 1. The Hall–Kier alpha value is -2.01. The zero-order valence-corrected chi connectivity index (χ0v) is 12.2. The highest BCUT2D eigenvalue weighted by Crippen LogP contribution is 2.21. The summed E-state index contributed by atoms with van der Waals surface area (Å²) < 4.78 is 13.7. The van der Waals surface area contributed by atoms with Gasteiger partial charge in [0.25, 0.3) is 5.91 Å². The highest BCUT2D eigenvalue weighted by molar-refractivity contribution is 6.05. The summed E-state index contributed by atoms with van der Waals surface area (Å²) in [5, 5.41) is 12.6. The fourth-order valence-electron chi connectivity index (χ4n) is 2.24. The number of carbonyl (C=O) groups is 1. The number of nitrogens with zero attached hydrogens (tertiary/aromatic N) is 1. The van der Waals surface area contributed by atoms with Gasteiger partial charge >= 0.3 is 0 Å². The van der Waals surface area contributed by atoms with Gasteiger partial charge in [0, 0.05) is 23.7 Å². The van der Waals surface area contributed by atoms with Crippen LogP contribution in [0.5, 0.6) is 0 Å². The lowest BCUT2D eigenvalue weighted by Gasteiger charge is -2.29. The molecule has 2 N–H and O–H groups in total. The monoisotopic (exact) mass is 290 g/mol. The van der Waals surface area contributed by atoms with E-state index in [0.29, 0.717) is 23.7 Å². The Morgan fingerprint density at radius 3 is 2.90 bits per heavy atom. The molecule has 2 rings (SSSR count). The van der Waals surface area contributed by atoms with Crippen LogP contribution in [0.1, 0.15) is 37.0 Å². The summed E-state index contributed by atoms with van der Waals surface area (Å²) in [6.07, 6.45) is 2.68. The number of amides is 1. The van der Waals surface area contributed by atoms with Crippen molar-refractivity contribution in [3.8, 4) is 0 Å². The Bertz CT molecular complexity index is 660. The second kappa shape index (κ2) is 6.18. The third-order valence-electron chi connectivity index (χ3n) is 3.77. The number of fused-ring (bicyclic) bond motifs is 1. The number of aromatic nitrogens is 1. The molecule has 2 aromatic rings. The number of pyridine rings is 1. The first-order valence-electron chi connectivity index (χ1n) is 6.97. The third kappa shape index (κ3) is 3.36. The van der Waals surface area contributed by atoms with E-state index >= 15 is 0 Å². The molecule has 0 aliphatic rings. The van der Waals surface area contributed by atoms with E-state index in [1.54, 1.807) is 18.3 Å². The minimum atomic E-state index is -0.529. The molecule has 0 fully saturated rings. The lowest BCUT2D eigenvalue weighted by Crippen LogP contribution is -2.46. The van der Waals surface area contributed by atoms with Crippen molar-refractivity contribution in [1.29, 1.82) is 0 Å². The molecule has 4 nitrogen and oxygen atoms in total. The highest BCUT2D eigenvalue weighted by Gasteiger charge is 2.25. The van der Waals surface area contributed by atoms with Crippen LogP contribution in [0.3, 0.4) is 0 Å². The van der Waals surface area contributed by atoms with Crippen molar-refractivity contribution in [3.63, 3.8) is 0 Å². The van der Waals surface area contributed by atoms with E-state index in [4.69, 9.17) is 5.11 Å². The number of hydrogen-bond donors (Lipinski definition) is 2. The van der Waals surface area contributed by atoms with Gasteiger partial charge in [-0.05, 0) is 38.0 Å². The Morgan fingerprint density at radius 2 is 2.24 bits per heavy atom. The van der Waals surface area contributed by atoms with E-state index in [-0.39, 0.29) is 18.1 Å². The molecule has 112 valence electrons. The molecule has 0 bridgehead atoms. The summed E-state index contributed by atoms with van der Waals surface area (Å²) in [5.41, 5.74) is 0.154. The molecule has 1 amide bonds. The van der Waals surface area contributed by atoms with Crippen molar-refractivity contribution < 1.29 is 14.3 Å². The van der Waals surface area contributed by atoms with Gasteiger partial charge in [0.05, 0.1) is 11.1 Å². The zero-order chi connectivity index (χ0) is 15.5. The summed E-state index contributed by atoms with van der Waals surface area (Å²) in [5.74, 6) is -0.850. The van der Waals surface area contributed by atoms with Gasteiger partial charge in [0.1, 0.15) is 5.82 Å². The van der Waals surface area contributed by atoms with Gasteiger partial charge < -0.3 is 10.4 Å². The zero-order valence-electron chi connectivity index (χ0n) is 12.2. The molecule has 21 heavy (non-hydrogen) atoms. The van der Waals surface area contributed by atoms with E-state index in [0.717, 1.165) is 0 Å². The molecule has 1 heterocycles. The molecule has 5 heteroatoms. The lowest BCUT2D eigenvalue weighted by atomic mass is 9.94. The van der Waals surface area contributed by atoms with Gasteiger partial charge in [-0.15, -0.1) is 0 Å². The molecule has 1 aromatic carbocycles. The number of rotatable bonds is 5. The summed E-state index contributed by atoms with van der Waals surface area (Å²) in [4.78, 5) is 16.6. The Balaban J connectivity index is 2.39. The van der Waals surface area contributed by atoms with Crippen molar-refractivity contribution in [3.05, 3.63) is 41.8 Å². The van der Waals surface area contributed by atoms with Crippen LogP contribution in [-0.4, -0.2) is 28.1 Å². The number of aliphatic hydroxyl groups is 1. The fourth-order valence-corrected chi connectivity index (χ4v) is 2.24. The molecular weight excluding hydrogens is 271 g/mol. The maximum atomic E-state index is 13.7. The molecule has 1 atom stereocenters. The maximum Gasteiger partial charge on any atom is 0.254 e. The van der Waals surface area contributed by atoms with Crippen LogP contribution in [0.15, 0.2) is 30.5 Å². The van der Waals surface area contributed by atoms with Gasteiger partial charge in [0.2, 0.25) is 0 Å². The molecule has 0 radical (unpaired) electrons. The average molecular weight is 290 g/mol. The average Bonchev–Trinajstić information content (AvgIpc) is 2.46. The first-order chi connectivity index (χ1) is 9.99. The van der Waals surface area contributed by atoms with Crippen LogP contribution in [0.4, 0.5) is 4.39 Å². The molecule has 0 aliphatic heterocycles. The second-order valence-corrected chi connectivity index (χ2v) is 5.37. The summed E-state index contributed by atoms with van der Waals surface area (Å²) in [6, 6.07) is 5.96. The number of nitrogens with one attached hydrogen (secondary N) is 1. The minimum absolute atomic E-state index is 0.0211. The van der Waals surface area contributed by atoms with Crippen molar-refractivity contribution in [2.24, 2.45) is 0 Å². The first-order valence-corrected chi connectivity index (χ1v) is 6.97. The van der Waals surface area contributed by atoms with Crippen LogP contribution >= 0.6 is 0 Å². The Kier molecular flexibility index (Phi) is 4.53. The van der Waals surface area contributed by atoms with E-state index in [2.05, 4.69) is 10.3 Å². The molecule has 0 saturated carbocycles. The predicted molar refractivity (Wildman–Crippen MR) is 79.6 cm³/mol. The first kappa shape index (κ1) is 15.4. The summed E-state index contributed by atoms with van der Waals surface area (Å²) in [7, 11) is 0. The number of benzene rings is 1. The van der Waals surface area contributed by atoms with Crippen molar-refractivity contribution in [2.75, 3.05) is 6.61 Å². The van der Waals surface area contributed by atoms with Crippen LogP contribution < -0.4 is 5.32 Å². The van der Waals surface area contributed by atoms with E-state index in [1.165, 1.54) is 12.1 Å². The molecule has 0 spiro atoms. The lowest BCUT2D eigenvalue weighted by molar-refractivity contribution is 0.0887. The van der Waals surface area contributed by atoms with Gasteiger partial charge in [-0.2, -0.15) is 0 Å². The van der Waals surface area contributed by atoms with Gasteiger partial charge in [-0.3, -0.25) is 9.78 Å². The van der Waals surface area contributed by atoms with Crippen LogP contribution in [-0.2, 0) is 0 Å². The fraction of sp³-hybridized carbons (Fsp3) is 0.375. The smallest absolute Gasteiger partial charge is 0.254 e. The quantitative estimate of drug-likeness (QED) is 0.890. The molecular formula is C16H19FN2O2. The van der Waals surface area contributed by atoms with Crippen LogP contribution in [0, 0.1) is 5.82 Å². The third-order valence-corrected chi connectivity index (χ3v) is 3.77. The van der Waals surface area contributed by atoms with E-state index in [9.17, 15) is 9.18 Å². The summed E-state index contributed by atoms with van der Waals surface area (Å²) in [6.45, 7) is 3.76. The molecule has 0 unspecified atom stereocenters. The summed E-state index contributed by atoms with van der Waals surface area (Å²) >= 11 is 0. The van der Waals surface area contributed by atoms with Gasteiger partial charge in [0.15, 0.2) is 0 Å². The van der Waals surface area contributed by atoms with E-state index in [1.807, 2.05) is 13.8 Å². The standard InChI is InChI=1S/C16H19FN2O2/c1-3-16(2,6-8-20)19-15(21)13-10-12(17)9-11-5-4-7-18-14(11)13/h4-5,7,9-10,20H,3,6,8H2,1-2H3,(H,19,21)/t16-/m0/s1. The van der Waals surface area contributed by atoms with Gasteiger partial charge in [-0.1, -0.05) is 13.0 Å². The highest BCUT2D eigenvalue weighted by atomic mass is 19.1. The Labute approximate surface area is 123 Å². The molecule has 0 aliphatic carbocycles. The normalized spacial score (nSPS) is 13.9. The Morgan fingerprint density at radius 1 is 1.48 bits per heavy atom. The topological polar surface area (TPSA) is 62.2 Å². The number of carbonyl (C=O) groups excluding carboxylic acids is 1. The molecule has 0 saturated heterocycles. The largest absolute Gasteiger partial charge is 0.396 e.